The van der Waals surface area contributed by atoms with E-state index < -0.39 is 5.91 Å². The highest BCUT2D eigenvalue weighted by Crippen LogP contribution is 2.33. The summed E-state index contributed by atoms with van der Waals surface area (Å²) in [6.07, 6.45) is 0. The van der Waals surface area contributed by atoms with Gasteiger partial charge in [-0.15, -0.1) is 0 Å². The second-order valence-electron chi connectivity index (χ2n) is 4.29. The third-order valence-electron chi connectivity index (χ3n) is 3.24. The van der Waals surface area contributed by atoms with Crippen LogP contribution in [-0.4, -0.2) is 31.8 Å². The number of carbonyl (C=O) groups is 2. The van der Waals surface area contributed by atoms with Crippen molar-refractivity contribution in [3.8, 4) is 0 Å². The molecule has 1 N–H and O–H groups in total. The Morgan fingerprint density at radius 3 is 2.59 bits per heavy atom. The van der Waals surface area contributed by atoms with Crippen molar-refractivity contribution in [2.45, 2.75) is 13.8 Å². The van der Waals surface area contributed by atoms with E-state index in [-0.39, 0.29) is 5.78 Å². The van der Waals surface area contributed by atoms with Crippen LogP contribution in [0, 0.1) is 13.8 Å². The van der Waals surface area contributed by atoms with Crippen molar-refractivity contribution in [1.29, 1.82) is 0 Å². The Balaban J connectivity index is 2.50. The Labute approximate surface area is 101 Å². The molecule has 0 radical (unpaired) electrons. The summed E-state index contributed by atoms with van der Waals surface area (Å²) in [5, 5.41) is 2.99. The molecule has 0 bridgehead atoms. The van der Waals surface area contributed by atoms with Gasteiger partial charge in [-0.3, -0.25) is 9.59 Å². The number of Topliss-reactive ketones (excluding diaryl/α,β-unsaturated/α-hetero) is 1. The third kappa shape index (κ3) is 1.74. The molecule has 0 saturated heterocycles. The Morgan fingerprint density at radius 1 is 1.24 bits per heavy atom. The first kappa shape index (κ1) is 11.8. The standard InChI is InChI=1S/C13H16N2O2/c1-8-4-5-10-11(9(8)2)15(7-6-14-3)13(17)12(10)16/h4-5,14H,6-7H2,1-3H3. The summed E-state index contributed by atoms with van der Waals surface area (Å²) in [4.78, 5) is 25.3. The summed E-state index contributed by atoms with van der Waals surface area (Å²) in [5.41, 5.74) is 3.43. The van der Waals surface area contributed by atoms with E-state index in [4.69, 9.17) is 0 Å². The minimum absolute atomic E-state index is 0.390. The average Bonchev–Trinajstić information content (AvgIpc) is 2.56. The van der Waals surface area contributed by atoms with E-state index in [1.165, 1.54) is 0 Å². The Hall–Kier alpha value is -1.68. The number of benzene rings is 1. The number of carbonyl (C=O) groups excluding carboxylic acids is 2. The zero-order chi connectivity index (χ0) is 12.6. The number of hydrogen-bond donors (Lipinski definition) is 1. The maximum atomic E-state index is 11.9. The number of anilines is 1. The lowest BCUT2D eigenvalue weighted by Gasteiger charge is -2.19. The summed E-state index contributed by atoms with van der Waals surface area (Å²) >= 11 is 0. The number of hydrogen-bond acceptors (Lipinski definition) is 3. The van der Waals surface area contributed by atoms with Crippen molar-refractivity contribution >= 4 is 17.4 Å². The van der Waals surface area contributed by atoms with Gasteiger partial charge in [0.2, 0.25) is 0 Å². The van der Waals surface area contributed by atoms with E-state index in [1.807, 2.05) is 27.0 Å². The predicted octanol–water partition coefficient (Wildman–Crippen LogP) is 1.05. The molecule has 1 heterocycles. The molecule has 0 aliphatic carbocycles. The highest BCUT2D eigenvalue weighted by Gasteiger charge is 2.36. The summed E-state index contributed by atoms with van der Waals surface area (Å²) in [5.74, 6) is -0.803. The van der Waals surface area contributed by atoms with Crippen LogP contribution in [-0.2, 0) is 4.79 Å². The van der Waals surface area contributed by atoms with Gasteiger partial charge in [0.15, 0.2) is 0 Å². The molecule has 0 unspecified atom stereocenters. The molecular weight excluding hydrogens is 216 g/mol. The third-order valence-corrected chi connectivity index (χ3v) is 3.24. The fourth-order valence-corrected chi connectivity index (χ4v) is 2.11. The molecule has 17 heavy (non-hydrogen) atoms. The van der Waals surface area contributed by atoms with Crippen LogP contribution in [0.2, 0.25) is 0 Å². The van der Waals surface area contributed by atoms with Gasteiger partial charge >= 0.3 is 0 Å². The van der Waals surface area contributed by atoms with Gasteiger partial charge in [0.1, 0.15) is 0 Å². The maximum absolute atomic E-state index is 11.9. The van der Waals surface area contributed by atoms with Crippen LogP contribution in [0.4, 0.5) is 5.69 Å². The lowest BCUT2D eigenvalue weighted by molar-refractivity contribution is -0.114. The molecule has 1 aliphatic heterocycles. The second-order valence-corrected chi connectivity index (χ2v) is 4.29. The maximum Gasteiger partial charge on any atom is 0.299 e. The minimum Gasteiger partial charge on any atom is -0.318 e. The van der Waals surface area contributed by atoms with Gasteiger partial charge < -0.3 is 10.2 Å². The molecule has 90 valence electrons. The van der Waals surface area contributed by atoms with Crippen LogP contribution in [0.25, 0.3) is 0 Å². The van der Waals surface area contributed by atoms with Gasteiger partial charge in [-0.05, 0) is 38.1 Å². The molecule has 2 rings (SSSR count). The molecule has 1 amide bonds. The SMILES string of the molecule is CNCCN1C(=O)C(=O)c2ccc(C)c(C)c21. The number of nitrogens with zero attached hydrogens (tertiary/aromatic N) is 1. The van der Waals surface area contributed by atoms with E-state index in [9.17, 15) is 9.59 Å². The molecule has 0 atom stereocenters. The minimum atomic E-state index is -0.413. The van der Waals surface area contributed by atoms with Crippen molar-refractivity contribution in [3.63, 3.8) is 0 Å². The molecule has 1 aromatic rings. The van der Waals surface area contributed by atoms with Crippen LogP contribution in [0.5, 0.6) is 0 Å². The fraction of sp³-hybridized carbons (Fsp3) is 0.385. The van der Waals surface area contributed by atoms with E-state index in [1.54, 1.807) is 11.0 Å². The first-order chi connectivity index (χ1) is 8.07. The van der Waals surface area contributed by atoms with Crippen LogP contribution >= 0.6 is 0 Å². The predicted molar refractivity (Wildman–Crippen MR) is 66.5 cm³/mol. The first-order valence-corrected chi connectivity index (χ1v) is 5.69. The lowest BCUT2D eigenvalue weighted by atomic mass is 10.0. The summed E-state index contributed by atoms with van der Waals surface area (Å²) in [6.45, 7) is 5.13. The van der Waals surface area contributed by atoms with Gasteiger partial charge in [0.05, 0.1) is 11.3 Å². The molecule has 4 heteroatoms. The zero-order valence-corrected chi connectivity index (χ0v) is 10.3. The van der Waals surface area contributed by atoms with E-state index >= 15 is 0 Å². The smallest absolute Gasteiger partial charge is 0.299 e. The van der Waals surface area contributed by atoms with Gasteiger partial charge in [-0.2, -0.15) is 0 Å². The van der Waals surface area contributed by atoms with Crippen molar-refractivity contribution in [3.05, 3.63) is 28.8 Å². The molecule has 0 saturated carbocycles. The van der Waals surface area contributed by atoms with Crippen molar-refractivity contribution in [2.75, 3.05) is 25.0 Å². The topological polar surface area (TPSA) is 49.4 Å². The number of nitrogens with one attached hydrogen (secondary N) is 1. The fourth-order valence-electron chi connectivity index (χ4n) is 2.11. The molecule has 4 nitrogen and oxygen atoms in total. The van der Waals surface area contributed by atoms with E-state index in [2.05, 4.69) is 5.32 Å². The highest BCUT2D eigenvalue weighted by molar-refractivity contribution is 6.52. The number of fused-ring (bicyclic) bond motifs is 1. The number of ketones is 1. The Bertz CT molecular complexity index is 494. The van der Waals surface area contributed by atoms with Crippen molar-refractivity contribution in [2.24, 2.45) is 0 Å². The number of amides is 1. The summed E-state index contributed by atoms with van der Waals surface area (Å²) < 4.78 is 0. The number of aryl methyl sites for hydroxylation is 1. The molecule has 1 aromatic carbocycles. The molecule has 1 aliphatic rings. The average molecular weight is 232 g/mol. The normalized spacial score (nSPS) is 14.4. The first-order valence-electron chi connectivity index (χ1n) is 5.69. The second kappa shape index (κ2) is 4.30. The quantitative estimate of drug-likeness (QED) is 0.792. The molecular formula is C13H16N2O2. The Morgan fingerprint density at radius 2 is 1.94 bits per heavy atom. The molecule has 0 spiro atoms. The number of likely N-dealkylation sites (N-methyl/N-ethyl adjacent to an activating group) is 1. The summed E-state index contributed by atoms with van der Waals surface area (Å²) in [6, 6.07) is 3.64. The summed E-state index contributed by atoms with van der Waals surface area (Å²) in [7, 11) is 1.83. The highest BCUT2D eigenvalue weighted by atomic mass is 16.2. The van der Waals surface area contributed by atoms with E-state index in [0.717, 1.165) is 16.8 Å². The largest absolute Gasteiger partial charge is 0.318 e. The van der Waals surface area contributed by atoms with Gasteiger partial charge in [-0.25, -0.2) is 0 Å². The van der Waals surface area contributed by atoms with Crippen LogP contribution in [0.3, 0.4) is 0 Å². The van der Waals surface area contributed by atoms with E-state index in [0.29, 0.717) is 18.7 Å². The van der Waals surface area contributed by atoms with Crippen LogP contribution < -0.4 is 10.2 Å². The van der Waals surface area contributed by atoms with Crippen LogP contribution in [0.15, 0.2) is 12.1 Å². The zero-order valence-electron chi connectivity index (χ0n) is 10.3. The van der Waals surface area contributed by atoms with Crippen LogP contribution in [0.1, 0.15) is 21.5 Å². The van der Waals surface area contributed by atoms with Crippen molar-refractivity contribution < 1.29 is 9.59 Å². The van der Waals surface area contributed by atoms with Gasteiger partial charge in [0.25, 0.3) is 11.7 Å². The van der Waals surface area contributed by atoms with Gasteiger partial charge in [0, 0.05) is 13.1 Å². The number of rotatable bonds is 3. The lowest BCUT2D eigenvalue weighted by Crippen LogP contribution is -2.35. The molecule has 0 fully saturated rings. The van der Waals surface area contributed by atoms with Crippen molar-refractivity contribution in [1.82, 2.24) is 5.32 Å². The Kier molecular flexibility index (Phi) is 2.98. The monoisotopic (exact) mass is 232 g/mol. The molecule has 0 aromatic heterocycles. The van der Waals surface area contributed by atoms with Gasteiger partial charge in [-0.1, -0.05) is 6.07 Å².